The van der Waals surface area contributed by atoms with Gasteiger partial charge in [0.1, 0.15) is 0 Å². The molecule has 0 unspecified atom stereocenters. The van der Waals surface area contributed by atoms with Crippen molar-refractivity contribution in [3.8, 4) is 0 Å². The maximum Gasteiger partial charge on any atom is 0.370 e. The molecular formula is C21H38O12. The Balaban J connectivity index is -0.000000170. The molecule has 0 aliphatic rings. The molecule has 0 aromatic heterocycles. The molecule has 0 saturated heterocycles. The quantitative estimate of drug-likeness (QED) is 0.162. The summed E-state index contributed by atoms with van der Waals surface area (Å²) < 4.78 is 13.5. The fourth-order valence-corrected chi connectivity index (χ4v) is 1.19. The Morgan fingerprint density at radius 2 is 0.818 bits per heavy atom. The molecule has 0 aromatic carbocycles. The molecule has 0 aliphatic carbocycles. The molecule has 0 rings (SSSR count). The number of rotatable bonds is 13. The second-order valence-electron chi connectivity index (χ2n) is 5.81. The molecule has 0 saturated carbocycles. The Bertz CT molecular complexity index is 510. The maximum absolute atomic E-state index is 9.86. The number of aliphatic carboxylic acids is 3. The Hall–Kier alpha value is -3.09. The molecule has 0 fully saturated rings. The summed E-state index contributed by atoms with van der Waals surface area (Å²) in [7, 11) is 0. The van der Waals surface area contributed by atoms with E-state index in [4.69, 9.17) is 30.6 Å². The molecule has 0 bridgehead atoms. The summed E-state index contributed by atoms with van der Waals surface area (Å²) in [6.07, 6.45) is 0.594. The van der Waals surface area contributed by atoms with Gasteiger partial charge in [-0.1, -0.05) is 6.92 Å². The van der Waals surface area contributed by atoms with Gasteiger partial charge >= 0.3 is 17.9 Å². The highest BCUT2D eigenvalue weighted by atomic mass is 16.5. The second-order valence-corrected chi connectivity index (χ2v) is 5.81. The van der Waals surface area contributed by atoms with Gasteiger partial charge in [-0.2, -0.15) is 0 Å². The van der Waals surface area contributed by atoms with Gasteiger partial charge in [-0.15, -0.1) is 0 Å². The van der Waals surface area contributed by atoms with Crippen LogP contribution in [0, 0.1) is 5.41 Å². The number of hydrogen-bond acceptors (Lipinski definition) is 9. The van der Waals surface area contributed by atoms with Crippen LogP contribution in [0.1, 0.15) is 34.1 Å². The third kappa shape index (κ3) is 23.4. The lowest BCUT2D eigenvalue weighted by Crippen LogP contribution is -2.32. The minimum absolute atomic E-state index is 0.156. The van der Waals surface area contributed by atoms with Crippen LogP contribution in [0.3, 0.4) is 0 Å². The third-order valence-corrected chi connectivity index (χ3v) is 3.43. The average Bonchev–Trinajstić information content (AvgIpc) is 2.77. The summed E-state index contributed by atoms with van der Waals surface area (Å²) in [6.45, 7) is 16.9. The summed E-state index contributed by atoms with van der Waals surface area (Å²) in [5.74, 6) is -3.92. The van der Waals surface area contributed by atoms with E-state index in [9.17, 15) is 14.4 Å². The number of carbonyl (C=O) groups is 3. The molecule has 6 N–H and O–H groups in total. The summed E-state index contributed by atoms with van der Waals surface area (Å²) in [4.78, 5) is 29.6. The first-order chi connectivity index (χ1) is 15.3. The van der Waals surface area contributed by atoms with Gasteiger partial charge in [0.15, 0.2) is 17.3 Å². The van der Waals surface area contributed by atoms with Crippen LogP contribution in [0.2, 0.25) is 0 Å². The van der Waals surface area contributed by atoms with E-state index in [0.29, 0.717) is 26.2 Å². The van der Waals surface area contributed by atoms with E-state index in [1.807, 2.05) is 6.92 Å². The number of carboxylic acid groups (broad SMARTS) is 3. The van der Waals surface area contributed by atoms with Crippen LogP contribution in [0.4, 0.5) is 0 Å². The lowest BCUT2D eigenvalue weighted by atomic mass is 9.88. The lowest BCUT2D eigenvalue weighted by molar-refractivity contribution is -0.137. The molecule has 0 amide bonds. The van der Waals surface area contributed by atoms with Gasteiger partial charge in [0, 0.05) is 5.41 Å². The zero-order valence-electron chi connectivity index (χ0n) is 19.7. The van der Waals surface area contributed by atoms with Crippen molar-refractivity contribution in [3.63, 3.8) is 0 Å². The van der Waals surface area contributed by atoms with Gasteiger partial charge in [-0.05, 0) is 46.9 Å². The van der Waals surface area contributed by atoms with E-state index in [2.05, 4.69) is 33.9 Å². The largest absolute Gasteiger partial charge is 0.487 e. The second kappa shape index (κ2) is 23.6. The van der Waals surface area contributed by atoms with E-state index in [1.54, 1.807) is 20.8 Å². The highest BCUT2D eigenvalue weighted by Gasteiger charge is 2.24. The van der Waals surface area contributed by atoms with Crippen molar-refractivity contribution in [1.29, 1.82) is 0 Å². The monoisotopic (exact) mass is 482 g/mol. The van der Waals surface area contributed by atoms with E-state index >= 15 is 0 Å². The summed E-state index contributed by atoms with van der Waals surface area (Å²) in [5.41, 5.74) is -0.667. The van der Waals surface area contributed by atoms with E-state index in [1.165, 1.54) is 0 Å². The number of hydrogen-bond donors (Lipinski definition) is 6. The number of carboxylic acids is 3. The van der Waals surface area contributed by atoms with Gasteiger partial charge in [-0.25, -0.2) is 14.4 Å². The normalized spacial score (nSPS) is 9.18. The smallest absolute Gasteiger partial charge is 0.370 e. The molecule has 0 aromatic rings. The summed E-state index contributed by atoms with van der Waals surface area (Å²) in [5, 5.41) is 50.2. The summed E-state index contributed by atoms with van der Waals surface area (Å²) >= 11 is 0. The molecule has 0 spiro atoms. The Morgan fingerprint density at radius 3 is 0.848 bits per heavy atom. The van der Waals surface area contributed by atoms with Crippen LogP contribution >= 0.6 is 0 Å². The topological polar surface area (TPSA) is 200 Å². The predicted molar refractivity (Wildman–Crippen MR) is 119 cm³/mol. The van der Waals surface area contributed by atoms with E-state index in [0.717, 1.165) is 0 Å². The maximum atomic E-state index is 9.86. The van der Waals surface area contributed by atoms with Crippen molar-refractivity contribution >= 4 is 17.9 Å². The van der Waals surface area contributed by atoms with E-state index < -0.39 is 23.3 Å². The van der Waals surface area contributed by atoms with Crippen molar-refractivity contribution in [2.75, 3.05) is 39.6 Å². The molecule has 194 valence electrons. The van der Waals surface area contributed by atoms with Crippen molar-refractivity contribution in [3.05, 3.63) is 37.0 Å². The van der Waals surface area contributed by atoms with Crippen LogP contribution in [-0.4, -0.2) is 88.2 Å². The van der Waals surface area contributed by atoms with Crippen LogP contribution in [0.25, 0.3) is 0 Å². The molecule has 12 nitrogen and oxygen atoms in total. The fourth-order valence-electron chi connectivity index (χ4n) is 1.19. The first-order valence-electron chi connectivity index (χ1n) is 9.76. The number of aliphatic hydroxyl groups is 3. The molecular weight excluding hydrogens is 444 g/mol. The minimum atomic E-state index is -1.10. The number of aliphatic hydroxyl groups excluding tert-OH is 3. The average molecular weight is 483 g/mol. The SMILES string of the molecule is C=C(OCC)C(=O)O.C=C(OCC)C(=O)O.C=C(OCC)C(=O)O.CCC(CO)(CO)CO. The molecule has 0 radical (unpaired) electrons. The molecule has 0 aliphatic heterocycles. The summed E-state index contributed by atoms with van der Waals surface area (Å²) in [6, 6.07) is 0. The Morgan fingerprint density at radius 1 is 0.606 bits per heavy atom. The highest BCUT2D eigenvalue weighted by molar-refractivity contribution is 5.84. The zero-order chi connectivity index (χ0) is 27.0. The van der Waals surface area contributed by atoms with Crippen LogP contribution < -0.4 is 0 Å². The van der Waals surface area contributed by atoms with Gasteiger partial charge < -0.3 is 44.8 Å². The van der Waals surface area contributed by atoms with Crippen molar-refractivity contribution < 1.29 is 59.2 Å². The first-order valence-corrected chi connectivity index (χ1v) is 9.76. The van der Waals surface area contributed by atoms with E-state index in [-0.39, 0.29) is 37.1 Å². The predicted octanol–water partition coefficient (Wildman–Crippen LogP) is 1.22. The fraction of sp³-hybridized carbons (Fsp3) is 0.571. The van der Waals surface area contributed by atoms with Crippen molar-refractivity contribution in [2.24, 2.45) is 5.41 Å². The minimum Gasteiger partial charge on any atom is -0.487 e. The Kier molecular flexibility index (Phi) is 26.6. The van der Waals surface area contributed by atoms with Crippen molar-refractivity contribution in [1.82, 2.24) is 0 Å². The lowest BCUT2D eigenvalue weighted by Gasteiger charge is -2.24. The highest BCUT2D eigenvalue weighted by Crippen LogP contribution is 2.18. The zero-order valence-corrected chi connectivity index (χ0v) is 19.7. The van der Waals surface area contributed by atoms with Gasteiger partial charge in [0.25, 0.3) is 0 Å². The van der Waals surface area contributed by atoms with Gasteiger partial charge in [0.2, 0.25) is 0 Å². The van der Waals surface area contributed by atoms with Crippen LogP contribution in [0.15, 0.2) is 37.0 Å². The first kappa shape index (κ1) is 37.2. The third-order valence-electron chi connectivity index (χ3n) is 3.43. The van der Waals surface area contributed by atoms with Crippen molar-refractivity contribution in [2.45, 2.75) is 34.1 Å². The number of ether oxygens (including phenoxy) is 3. The molecule has 33 heavy (non-hydrogen) atoms. The standard InChI is InChI=1S/C6H14O3.3C5H8O3/c1-2-6(3-7,4-8)5-9;3*1-3-8-4(2)5(6)7/h7-9H,2-5H2,1H3;3*2-3H2,1H3,(H,6,7). The molecule has 12 heteroatoms. The van der Waals surface area contributed by atoms with Crippen LogP contribution in [0.5, 0.6) is 0 Å². The van der Waals surface area contributed by atoms with Gasteiger partial charge in [0.05, 0.1) is 39.6 Å². The van der Waals surface area contributed by atoms with Gasteiger partial charge in [-0.3, -0.25) is 0 Å². The molecule has 0 atom stereocenters. The molecule has 0 heterocycles. The van der Waals surface area contributed by atoms with Crippen LogP contribution in [-0.2, 0) is 28.6 Å². The Labute approximate surface area is 194 Å².